The second kappa shape index (κ2) is 7.97. The summed E-state index contributed by atoms with van der Waals surface area (Å²) in [5, 5.41) is 5.14. The fourth-order valence-corrected chi connectivity index (χ4v) is 3.13. The second-order valence-electron chi connectivity index (χ2n) is 6.41. The minimum atomic E-state index is -0.680. The molecule has 126 valence electrons. The summed E-state index contributed by atoms with van der Waals surface area (Å²) in [6, 6.07) is 5.97. The number of rotatable bonds is 6. The predicted molar refractivity (Wildman–Crippen MR) is 89.9 cm³/mol. The highest BCUT2D eigenvalue weighted by Crippen LogP contribution is 2.19. The minimum absolute atomic E-state index is 0.0612. The molecule has 0 aliphatic carbocycles. The Morgan fingerprint density at radius 1 is 1.22 bits per heavy atom. The summed E-state index contributed by atoms with van der Waals surface area (Å²) in [5.74, 6) is 0.259. The number of carbonyl (C=O) groups is 2. The summed E-state index contributed by atoms with van der Waals surface area (Å²) in [4.78, 5) is 24.5. The molecule has 0 spiro atoms. The number of amides is 3. The van der Waals surface area contributed by atoms with Crippen molar-refractivity contribution in [2.45, 2.75) is 26.8 Å². The molecule has 0 unspecified atom stereocenters. The number of nitrogens with zero attached hydrogens (tertiary/aromatic N) is 1. The molecule has 1 aliphatic heterocycles. The van der Waals surface area contributed by atoms with Crippen LogP contribution in [-0.2, 0) is 11.3 Å². The Hall–Kier alpha value is -2.08. The fourth-order valence-electron chi connectivity index (χ4n) is 3.13. The van der Waals surface area contributed by atoms with Crippen LogP contribution in [0.15, 0.2) is 18.2 Å². The molecule has 0 radical (unpaired) electrons. The highest BCUT2D eigenvalue weighted by molar-refractivity contribution is 5.83. The topological polar surface area (TPSA) is 87.5 Å². The van der Waals surface area contributed by atoms with E-state index in [2.05, 4.69) is 47.6 Å². The van der Waals surface area contributed by atoms with Crippen molar-refractivity contribution in [1.29, 1.82) is 0 Å². The average Bonchev–Trinajstić information content (AvgIpc) is 2.89. The van der Waals surface area contributed by atoms with Crippen molar-refractivity contribution in [3.05, 3.63) is 34.9 Å². The van der Waals surface area contributed by atoms with Crippen LogP contribution in [0.3, 0.4) is 0 Å². The maximum Gasteiger partial charge on any atom is 0.312 e. The highest BCUT2D eigenvalue weighted by atomic mass is 16.2. The van der Waals surface area contributed by atoms with Crippen molar-refractivity contribution in [2.24, 2.45) is 11.7 Å². The van der Waals surface area contributed by atoms with Crippen LogP contribution in [-0.4, -0.2) is 43.0 Å². The van der Waals surface area contributed by atoms with E-state index in [1.165, 1.54) is 16.7 Å². The van der Waals surface area contributed by atoms with Crippen LogP contribution in [0.1, 0.15) is 23.1 Å². The summed E-state index contributed by atoms with van der Waals surface area (Å²) in [5.41, 5.74) is 8.87. The molecule has 1 fully saturated rings. The molecule has 23 heavy (non-hydrogen) atoms. The van der Waals surface area contributed by atoms with Crippen molar-refractivity contribution in [1.82, 2.24) is 15.5 Å². The van der Waals surface area contributed by atoms with Crippen molar-refractivity contribution in [3.8, 4) is 0 Å². The lowest BCUT2D eigenvalue weighted by Gasteiger charge is -2.17. The van der Waals surface area contributed by atoms with Gasteiger partial charge in [0.15, 0.2) is 0 Å². The quantitative estimate of drug-likeness (QED) is 0.728. The number of likely N-dealkylation sites (tertiary alicyclic amines) is 1. The van der Waals surface area contributed by atoms with Crippen molar-refractivity contribution < 1.29 is 9.59 Å². The SMILES string of the molecule is Cc1cc(C)cc(CN2CC[C@@H](CNC(=O)CNC(N)=O)C2)c1. The van der Waals surface area contributed by atoms with E-state index in [4.69, 9.17) is 5.73 Å². The molecule has 0 aromatic heterocycles. The zero-order valence-corrected chi connectivity index (χ0v) is 13.9. The summed E-state index contributed by atoms with van der Waals surface area (Å²) < 4.78 is 0. The third kappa shape index (κ3) is 5.90. The fraction of sp³-hybridized carbons (Fsp3) is 0.529. The van der Waals surface area contributed by atoms with Crippen molar-refractivity contribution >= 4 is 11.9 Å². The number of nitrogens with one attached hydrogen (secondary N) is 2. The van der Waals surface area contributed by atoms with Crippen molar-refractivity contribution in [2.75, 3.05) is 26.2 Å². The lowest BCUT2D eigenvalue weighted by atomic mass is 10.1. The largest absolute Gasteiger partial charge is 0.354 e. The maximum absolute atomic E-state index is 11.6. The minimum Gasteiger partial charge on any atom is -0.354 e. The molecule has 1 aromatic rings. The van der Waals surface area contributed by atoms with E-state index in [0.29, 0.717) is 12.5 Å². The first-order chi connectivity index (χ1) is 10.9. The van der Waals surface area contributed by atoms with Gasteiger partial charge >= 0.3 is 6.03 Å². The number of aryl methyl sites for hydroxylation is 2. The van der Waals surface area contributed by atoms with Gasteiger partial charge in [0.1, 0.15) is 0 Å². The summed E-state index contributed by atoms with van der Waals surface area (Å²) in [7, 11) is 0. The van der Waals surface area contributed by atoms with E-state index < -0.39 is 6.03 Å². The zero-order valence-electron chi connectivity index (χ0n) is 13.9. The monoisotopic (exact) mass is 318 g/mol. The maximum atomic E-state index is 11.6. The van der Waals surface area contributed by atoms with Gasteiger partial charge in [-0.05, 0) is 38.3 Å². The van der Waals surface area contributed by atoms with Crippen LogP contribution in [0.4, 0.5) is 4.79 Å². The van der Waals surface area contributed by atoms with Gasteiger partial charge in [0.2, 0.25) is 5.91 Å². The third-order valence-electron chi connectivity index (χ3n) is 4.07. The van der Waals surface area contributed by atoms with Gasteiger partial charge in [-0.3, -0.25) is 9.69 Å². The Bertz CT molecular complexity index is 553. The van der Waals surface area contributed by atoms with E-state index in [1.807, 2.05) is 0 Å². The van der Waals surface area contributed by atoms with Gasteiger partial charge in [-0.2, -0.15) is 0 Å². The molecule has 6 nitrogen and oxygen atoms in total. The lowest BCUT2D eigenvalue weighted by Crippen LogP contribution is -2.41. The van der Waals surface area contributed by atoms with Gasteiger partial charge in [-0.1, -0.05) is 29.3 Å². The molecule has 3 amide bonds. The van der Waals surface area contributed by atoms with Crippen LogP contribution >= 0.6 is 0 Å². The van der Waals surface area contributed by atoms with E-state index in [-0.39, 0.29) is 12.5 Å². The molecule has 1 saturated heterocycles. The number of hydrogen-bond donors (Lipinski definition) is 3. The molecule has 6 heteroatoms. The molecular weight excluding hydrogens is 292 g/mol. The Balaban J connectivity index is 1.73. The van der Waals surface area contributed by atoms with Crippen LogP contribution < -0.4 is 16.4 Å². The van der Waals surface area contributed by atoms with Gasteiger partial charge in [0.25, 0.3) is 0 Å². The van der Waals surface area contributed by atoms with Crippen LogP contribution in [0.5, 0.6) is 0 Å². The van der Waals surface area contributed by atoms with Gasteiger partial charge < -0.3 is 16.4 Å². The second-order valence-corrected chi connectivity index (χ2v) is 6.41. The Morgan fingerprint density at radius 2 is 1.91 bits per heavy atom. The normalized spacial score (nSPS) is 17.9. The summed E-state index contributed by atoms with van der Waals surface area (Å²) in [6.07, 6.45) is 1.08. The molecule has 4 N–H and O–H groups in total. The Labute approximate surface area is 137 Å². The van der Waals surface area contributed by atoms with E-state index >= 15 is 0 Å². The van der Waals surface area contributed by atoms with Gasteiger partial charge in [0, 0.05) is 19.6 Å². The van der Waals surface area contributed by atoms with Crippen LogP contribution in [0.2, 0.25) is 0 Å². The third-order valence-corrected chi connectivity index (χ3v) is 4.07. The summed E-state index contributed by atoms with van der Waals surface area (Å²) in [6.45, 7) is 7.81. The highest BCUT2D eigenvalue weighted by Gasteiger charge is 2.22. The van der Waals surface area contributed by atoms with E-state index in [1.54, 1.807) is 0 Å². The standard InChI is InChI=1S/C17H26N4O2/c1-12-5-13(2)7-15(6-12)11-21-4-3-14(10-21)8-19-16(22)9-20-17(18)23/h5-7,14H,3-4,8-11H2,1-2H3,(H,19,22)(H3,18,20,23)/t14-/m0/s1. The number of nitrogens with two attached hydrogens (primary N) is 1. The average molecular weight is 318 g/mol. The molecule has 0 bridgehead atoms. The Kier molecular flexibility index (Phi) is 5.98. The predicted octanol–water partition coefficient (Wildman–Crippen LogP) is 0.910. The molecular formula is C17H26N4O2. The van der Waals surface area contributed by atoms with Crippen LogP contribution in [0.25, 0.3) is 0 Å². The van der Waals surface area contributed by atoms with E-state index in [0.717, 1.165) is 26.1 Å². The molecule has 1 aromatic carbocycles. The molecule has 0 saturated carbocycles. The molecule has 1 aliphatic rings. The summed E-state index contributed by atoms with van der Waals surface area (Å²) >= 11 is 0. The number of benzene rings is 1. The first kappa shape index (κ1) is 17.3. The Morgan fingerprint density at radius 3 is 2.57 bits per heavy atom. The first-order valence-corrected chi connectivity index (χ1v) is 8.02. The number of carbonyl (C=O) groups excluding carboxylic acids is 2. The van der Waals surface area contributed by atoms with Gasteiger partial charge in [-0.25, -0.2) is 4.79 Å². The van der Waals surface area contributed by atoms with Crippen molar-refractivity contribution in [3.63, 3.8) is 0 Å². The van der Waals surface area contributed by atoms with Gasteiger partial charge in [-0.15, -0.1) is 0 Å². The number of hydrogen-bond acceptors (Lipinski definition) is 3. The van der Waals surface area contributed by atoms with Gasteiger partial charge in [0.05, 0.1) is 6.54 Å². The number of urea groups is 1. The smallest absolute Gasteiger partial charge is 0.312 e. The van der Waals surface area contributed by atoms with E-state index in [9.17, 15) is 9.59 Å². The van der Waals surface area contributed by atoms with Crippen LogP contribution in [0, 0.1) is 19.8 Å². The lowest BCUT2D eigenvalue weighted by molar-refractivity contribution is -0.120. The first-order valence-electron chi connectivity index (χ1n) is 8.02. The molecule has 1 atom stereocenters. The number of primary amides is 1. The zero-order chi connectivity index (χ0) is 16.8. The molecule has 1 heterocycles. The molecule has 2 rings (SSSR count).